The third-order valence-corrected chi connectivity index (χ3v) is 3.83. The number of nitrogens with zero attached hydrogens (tertiary/aromatic N) is 3. The summed E-state index contributed by atoms with van der Waals surface area (Å²) in [6, 6.07) is 3.40. The molecule has 22 heavy (non-hydrogen) atoms. The first-order chi connectivity index (χ1) is 10.5. The highest BCUT2D eigenvalue weighted by atomic mass is 16.5. The topological polar surface area (TPSA) is 62.7 Å². The molecular weight excluding hydrogens is 282 g/mol. The number of carbonyl (C=O) groups excluding carboxylic acids is 2. The van der Waals surface area contributed by atoms with Crippen molar-refractivity contribution in [1.82, 2.24) is 14.8 Å². The van der Waals surface area contributed by atoms with Gasteiger partial charge in [-0.3, -0.25) is 9.59 Å². The number of aromatic nitrogens is 1. The van der Waals surface area contributed by atoms with E-state index in [-0.39, 0.29) is 24.5 Å². The van der Waals surface area contributed by atoms with Crippen molar-refractivity contribution in [3.8, 4) is 5.88 Å². The molecule has 2 amide bonds. The summed E-state index contributed by atoms with van der Waals surface area (Å²) in [5.74, 6) is 0.777. The van der Waals surface area contributed by atoms with Gasteiger partial charge in [0.25, 0.3) is 5.91 Å². The Bertz CT molecular complexity index is 584. The van der Waals surface area contributed by atoms with Crippen molar-refractivity contribution in [3.63, 3.8) is 0 Å². The summed E-state index contributed by atoms with van der Waals surface area (Å²) in [6.07, 6.45) is 3.91. The molecule has 0 unspecified atom stereocenters. The van der Waals surface area contributed by atoms with Crippen LogP contribution in [0.2, 0.25) is 0 Å². The van der Waals surface area contributed by atoms with Gasteiger partial charge < -0.3 is 14.5 Å². The fraction of sp³-hybridized carbons (Fsp3) is 0.562. The van der Waals surface area contributed by atoms with Crippen molar-refractivity contribution in [2.75, 3.05) is 19.8 Å². The van der Waals surface area contributed by atoms with Gasteiger partial charge >= 0.3 is 0 Å². The van der Waals surface area contributed by atoms with Crippen LogP contribution in [0.25, 0.3) is 0 Å². The Morgan fingerprint density at radius 1 is 1.45 bits per heavy atom. The Balaban J connectivity index is 1.72. The highest BCUT2D eigenvalue weighted by Crippen LogP contribution is 2.31. The number of rotatable bonds is 5. The van der Waals surface area contributed by atoms with Crippen LogP contribution in [0.15, 0.2) is 18.3 Å². The van der Waals surface area contributed by atoms with Gasteiger partial charge in [0.05, 0.1) is 12.8 Å². The average molecular weight is 303 g/mol. The van der Waals surface area contributed by atoms with Crippen molar-refractivity contribution < 1.29 is 14.3 Å². The molecule has 3 rings (SSSR count). The minimum absolute atomic E-state index is 0.0236. The van der Waals surface area contributed by atoms with Crippen LogP contribution < -0.4 is 4.74 Å². The highest BCUT2D eigenvalue weighted by Gasteiger charge is 2.35. The fourth-order valence-electron chi connectivity index (χ4n) is 2.55. The molecule has 2 aliphatic rings. The third kappa shape index (κ3) is 3.21. The van der Waals surface area contributed by atoms with Gasteiger partial charge in [0.2, 0.25) is 11.8 Å². The number of ether oxygens (including phenoxy) is 1. The average Bonchev–Trinajstić information content (AvgIpc) is 3.21. The molecule has 2 heterocycles. The number of amides is 2. The molecule has 0 N–H and O–H groups in total. The fourth-order valence-corrected chi connectivity index (χ4v) is 2.55. The van der Waals surface area contributed by atoms with E-state index in [9.17, 15) is 9.59 Å². The molecule has 1 aromatic heterocycles. The van der Waals surface area contributed by atoms with Gasteiger partial charge in [0, 0.05) is 12.7 Å². The molecule has 1 saturated carbocycles. The highest BCUT2D eigenvalue weighted by molar-refractivity contribution is 5.99. The van der Waals surface area contributed by atoms with Crippen LogP contribution >= 0.6 is 0 Å². The maximum atomic E-state index is 12.7. The quantitative estimate of drug-likeness (QED) is 0.827. The molecule has 1 aliphatic carbocycles. The monoisotopic (exact) mass is 303 g/mol. The predicted molar refractivity (Wildman–Crippen MR) is 80.3 cm³/mol. The lowest BCUT2D eigenvalue weighted by Crippen LogP contribution is -2.32. The molecule has 0 aromatic carbocycles. The molecular formula is C16H21N3O3. The number of hydrogen-bond donors (Lipinski definition) is 0. The maximum Gasteiger partial charge on any atom is 0.261 e. The van der Waals surface area contributed by atoms with Crippen molar-refractivity contribution in [2.24, 2.45) is 5.92 Å². The molecule has 1 saturated heterocycles. The Morgan fingerprint density at radius 2 is 2.23 bits per heavy atom. The van der Waals surface area contributed by atoms with E-state index in [1.54, 1.807) is 28.1 Å². The normalized spacial score (nSPS) is 18.2. The zero-order valence-corrected chi connectivity index (χ0v) is 13.0. The van der Waals surface area contributed by atoms with E-state index in [0.717, 1.165) is 6.54 Å². The first-order valence-electron chi connectivity index (χ1n) is 7.73. The van der Waals surface area contributed by atoms with Gasteiger partial charge in [0.15, 0.2) is 0 Å². The van der Waals surface area contributed by atoms with Crippen molar-refractivity contribution in [2.45, 2.75) is 32.8 Å². The third-order valence-electron chi connectivity index (χ3n) is 3.83. The summed E-state index contributed by atoms with van der Waals surface area (Å²) in [4.78, 5) is 32.2. The van der Waals surface area contributed by atoms with Crippen molar-refractivity contribution in [3.05, 3.63) is 23.9 Å². The Kier molecular flexibility index (Phi) is 4.00. The summed E-state index contributed by atoms with van der Waals surface area (Å²) in [5, 5.41) is 0. The van der Waals surface area contributed by atoms with E-state index in [1.165, 1.54) is 12.8 Å². The molecule has 118 valence electrons. The molecule has 1 aliphatic heterocycles. The van der Waals surface area contributed by atoms with Gasteiger partial charge in [-0.05, 0) is 44.7 Å². The Labute approximate surface area is 130 Å². The van der Waals surface area contributed by atoms with Crippen molar-refractivity contribution >= 4 is 11.8 Å². The summed E-state index contributed by atoms with van der Waals surface area (Å²) in [6.45, 7) is 5.05. The molecule has 2 fully saturated rings. The standard InChI is InChI=1S/C16H21N3O3/c1-11(2)22-15-13(4-3-7-17-15)16(21)19-9-14(20)18(10-19)8-12-5-6-12/h3-4,7,11-12H,5-6,8-10H2,1-2H3. The van der Waals surface area contributed by atoms with E-state index >= 15 is 0 Å². The largest absolute Gasteiger partial charge is 0.474 e. The summed E-state index contributed by atoms with van der Waals surface area (Å²) >= 11 is 0. The van der Waals surface area contributed by atoms with Gasteiger partial charge in [-0.2, -0.15) is 0 Å². The molecule has 6 nitrogen and oxygen atoms in total. The molecule has 0 spiro atoms. The smallest absolute Gasteiger partial charge is 0.261 e. The van der Waals surface area contributed by atoms with Crippen LogP contribution in [0, 0.1) is 5.92 Å². The molecule has 6 heteroatoms. The zero-order valence-electron chi connectivity index (χ0n) is 13.0. The van der Waals surface area contributed by atoms with Crippen LogP contribution in [0.3, 0.4) is 0 Å². The molecule has 1 aromatic rings. The van der Waals surface area contributed by atoms with E-state index in [4.69, 9.17) is 4.74 Å². The van der Waals surface area contributed by atoms with E-state index in [1.807, 2.05) is 13.8 Å². The summed E-state index contributed by atoms with van der Waals surface area (Å²) < 4.78 is 5.60. The lowest BCUT2D eigenvalue weighted by Gasteiger charge is -2.19. The second-order valence-corrected chi connectivity index (χ2v) is 6.23. The minimum Gasteiger partial charge on any atom is -0.474 e. The summed E-state index contributed by atoms with van der Waals surface area (Å²) in [7, 11) is 0. The maximum absolute atomic E-state index is 12.7. The molecule has 0 radical (unpaired) electrons. The first-order valence-corrected chi connectivity index (χ1v) is 7.73. The second kappa shape index (κ2) is 5.94. The molecule has 0 bridgehead atoms. The Hall–Kier alpha value is -2.11. The number of pyridine rings is 1. The lowest BCUT2D eigenvalue weighted by molar-refractivity contribution is -0.126. The van der Waals surface area contributed by atoms with Gasteiger partial charge in [0.1, 0.15) is 12.1 Å². The van der Waals surface area contributed by atoms with E-state index in [2.05, 4.69) is 4.98 Å². The SMILES string of the molecule is CC(C)Oc1ncccc1C(=O)N1CC(=O)N(CC2CC2)C1. The number of carbonyl (C=O) groups is 2. The van der Waals surface area contributed by atoms with Crippen LogP contribution in [0.4, 0.5) is 0 Å². The van der Waals surface area contributed by atoms with Crippen molar-refractivity contribution in [1.29, 1.82) is 0 Å². The van der Waals surface area contributed by atoms with Gasteiger partial charge in [-0.15, -0.1) is 0 Å². The predicted octanol–water partition coefficient (Wildman–Crippen LogP) is 1.52. The van der Waals surface area contributed by atoms with E-state index in [0.29, 0.717) is 24.0 Å². The molecule has 0 atom stereocenters. The van der Waals surface area contributed by atoms with Crippen LogP contribution in [0.5, 0.6) is 5.88 Å². The van der Waals surface area contributed by atoms with Crippen LogP contribution in [-0.2, 0) is 4.79 Å². The van der Waals surface area contributed by atoms with Gasteiger partial charge in [-0.1, -0.05) is 0 Å². The summed E-state index contributed by atoms with van der Waals surface area (Å²) in [5.41, 5.74) is 0.414. The van der Waals surface area contributed by atoms with E-state index < -0.39 is 0 Å². The minimum atomic E-state index is -0.199. The first kappa shape index (κ1) is 14.8. The van der Waals surface area contributed by atoms with Crippen LogP contribution in [-0.4, -0.2) is 52.5 Å². The zero-order chi connectivity index (χ0) is 15.7. The second-order valence-electron chi connectivity index (χ2n) is 6.23. The lowest BCUT2D eigenvalue weighted by atomic mass is 10.2. The van der Waals surface area contributed by atoms with Gasteiger partial charge in [-0.25, -0.2) is 4.98 Å². The number of hydrogen-bond acceptors (Lipinski definition) is 4. The Morgan fingerprint density at radius 3 is 2.91 bits per heavy atom. The van der Waals surface area contributed by atoms with Crippen LogP contribution in [0.1, 0.15) is 37.0 Å².